The van der Waals surface area contributed by atoms with E-state index < -0.39 is 41.4 Å². The molecule has 1 aliphatic heterocycles. The van der Waals surface area contributed by atoms with Crippen LogP contribution in [0.5, 0.6) is 0 Å². The van der Waals surface area contributed by atoms with E-state index in [0.29, 0.717) is 6.42 Å². The Hall–Kier alpha value is -2.58. The van der Waals surface area contributed by atoms with Crippen LogP contribution in [0, 0.1) is 11.7 Å². The number of rotatable bonds is 4. The normalized spacial score (nSPS) is 16.9. The molecule has 0 radical (unpaired) electrons. The molecular weight excluding hydrogens is 351 g/mol. The standard InChI is InChI=1S/C17H20F3N3O3/c1-9(2)21-16(25)17(26)23-6-5-10(8-23)15(24)22-11-3-4-13(18)12(7-11)14(19)20/h3-4,7,9-10,14H,5-6,8H2,1-2H3,(H,21,25)(H,22,24). The number of hydrogen-bond acceptors (Lipinski definition) is 3. The summed E-state index contributed by atoms with van der Waals surface area (Å²) >= 11 is 0. The van der Waals surface area contributed by atoms with Gasteiger partial charge in [-0.3, -0.25) is 14.4 Å². The minimum Gasteiger partial charge on any atom is -0.346 e. The first-order valence-corrected chi connectivity index (χ1v) is 8.17. The highest BCUT2D eigenvalue weighted by Crippen LogP contribution is 2.26. The van der Waals surface area contributed by atoms with Gasteiger partial charge in [-0.1, -0.05) is 0 Å². The molecule has 0 bridgehead atoms. The van der Waals surface area contributed by atoms with Crippen LogP contribution in [0.3, 0.4) is 0 Å². The number of likely N-dealkylation sites (tertiary alicyclic amines) is 1. The summed E-state index contributed by atoms with van der Waals surface area (Å²) in [6, 6.07) is 2.74. The minimum atomic E-state index is -2.99. The number of alkyl halides is 2. The van der Waals surface area contributed by atoms with Crippen LogP contribution in [0.15, 0.2) is 18.2 Å². The van der Waals surface area contributed by atoms with E-state index in [9.17, 15) is 27.6 Å². The lowest BCUT2D eigenvalue weighted by atomic mass is 10.1. The summed E-state index contributed by atoms with van der Waals surface area (Å²) < 4.78 is 38.7. The second-order valence-electron chi connectivity index (χ2n) is 6.39. The van der Waals surface area contributed by atoms with Crippen molar-refractivity contribution in [2.45, 2.75) is 32.7 Å². The van der Waals surface area contributed by atoms with Gasteiger partial charge < -0.3 is 15.5 Å². The second kappa shape index (κ2) is 8.20. The number of hydrogen-bond donors (Lipinski definition) is 2. The summed E-state index contributed by atoms with van der Waals surface area (Å²) in [5.74, 6) is -3.55. The lowest BCUT2D eigenvalue weighted by Crippen LogP contribution is -2.44. The molecule has 1 saturated heterocycles. The van der Waals surface area contributed by atoms with Gasteiger partial charge in [0, 0.05) is 24.8 Å². The van der Waals surface area contributed by atoms with Crippen LogP contribution in [0.2, 0.25) is 0 Å². The van der Waals surface area contributed by atoms with Crippen molar-refractivity contribution < 1.29 is 27.6 Å². The largest absolute Gasteiger partial charge is 0.346 e. The Morgan fingerprint density at radius 2 is 1.92 bits per heavy atom. The van der Waals surface area contributed by atoms with Gasteiger partial charge in [0.05, 0.1) is 11.5 Å². The second-order valence-corrected chi connectivity index (χ2v) is 6.39. The van der Waals surface area contributed by atoms with E-state index >= 15 is 0 Å². The highest BCUT2D eigenvalue weighted by Gasteiger charge is 2.34. The van der Waals surface area contributed by atoms with E-state index in [1.165, 1.54) is 11.0 Å². The van der Waals surface area contributed by atoms with Crippen molar-refractivity contribution >= 4 is 23.4 Å². The average Bonchev–Trinajstić information content (AvgIpc) is 3.05. The van der Waals surface area contributed by atoms with Gasteiger partial charge in [0.25, 0.3) is 6.43 Å². The molecule has 1 aromatic rings. The molecule has 0 aromatic heterocycles. The van der Waals surface area contributed by atoms with Crippen LogP contribution in [0.4, 0.5) is 18.9 Å². The summed E-state index contributed by atoms with van der Waals surface area (Å²) in [5, 5.41) is 4.94. The van der Waals surface area contributed by atoms with Gasteiger partial charge in [-0.15, -0.1) is 0 Å². The maximum atomic E-state index is 13.3. The Labute approximate surface area is 148 Å². The smallest absolute Gasteiger partial charge is 0.311 e. The fourth-order valence-corrected chi connectivity index (χ4v) is 2.66. The van der Waals surface area contributed by atoms with Crippen LogP contribution >= 0.6 is 0 Å². The Kier molecular flexibility index (Phi) is 6.23. The maximum Gasteiger partial charge on any atom is 0.311 e. The van der Waals surface area contributed by atoms with Crippen molar-refractivity contribution in [3.63, 3.8) is 0 Å². The van der Waals surface area contributed by atoms with E-state index in [2.05, 4.69) is 10.6 Å². The molecule has 1 heterocycles. The Morgan fingerprint density at radius 3 is 2.54 bits per heavy atom. The molecule has 0 spiro atoms. The van der Waals surface area contributed by atoms with Crippen molar-refractivity contribution in [1.82, 2.24) is 10.2 Å². The first-order chi connectivity index (χ1) is 12.2. The Bertz CT molecular complexity index is 710. The maximum absolute atomic E-state index is 13.3. The molecule has 6 nitrogen and oxygen atoms in total. The summed E-state index contributed by atoms with van der Waals surface area (Å²) in [7, 11) is 0. The SMILES string of the molecule is CC(C)NC(=O)C(=O)N1CCC(C(=O)Nc2ccc(F)c(C(F)F)c2)C1. The van der Waals surface area contributed by atoms with Gasteiger partial charge in [0.1, 0.15) is 5.82 Å². The molecule has 0 aliphatic carbocycles. The summed E-state index contributed by atoms with van der Waals surface area (Å²) in [6.07, 6.45) is -2.65. The molecule has 2 rings (SSSR count). The van der Waals surface area contributed by atoms with E-state index in [1.54, 1.807) is 13.8 Å². The molecule has 142 valence electrons. The predicted molar refractivity (Wildman–Crippen MR) is 88.0 cm³/mol. The van der Waals surface area contributed by atoms with E-state index in [4.69, 9.17) is 0 Å². The van der Waals surface area contributed by atoms with Crippen molar-refractivity contribution in [2.24, 2.45) is 5.92 Å². The van der Waals surface area contributed by atoms with Gasteiger partial charge in [0.2, 0.25) is 5.91 Å². The van der Waals surface area contributed by atoms with Crippen LogP contribution < -0.4 is 10.6 Å². The Balaban J connectivity index is 1.96. The van der Waals surface area contributed by atoms with E-state index in [1.807, 2.05) is 0 Å². The highest BCUT2D eigenvalue weighted by molar-refractivity contribution is 6.35. The molecule has 1 fully saturated rings. The number of benzene rings is 1. The van der Waals surface area contributed by atoms with Crippen LogP contribution in [-0.2, 0) is 14.4 Å². The number of halogens is 3. The van der Waals surface area contributed by atoms with Crippen molar-refractivity contribution in [2.75, 3.05) is 18.4 Å². The zero-order valence-electron chi connectivity index (χ0n) is 14.4. The monoisotopic (exact) mass is 371 g/mol. The molecule has 3 amide bonds. The fourth-order valence-electron chi connectivity index (χ4n) is 2.66. The van der Waals surface area contributed by atoms with Gasteiger partial charge in [-0.05, 0) is 38.5 Å². The third-order valence-corrected chi connectivity index (χ3v) is 3.96. The van der Waals surface area contributed by atoms with Crippen LogP contribution in [0.25, 0.3) is 0 Å². The van der Waals surface area contributed by atoms with Gasteiger partial charge in [-0.2, -0.15) is 0 Å². The summed E-state index contributed by atoms with van der Waals surface area (Å²) in [5.41, 5.74) is -0.745. The number of amides is 3. The first kappa shape index (κ1) is 19.7. The van der Waals surface area contributed by atoms with Crippen molar-refractivity contribution in [3.05, 3.63) is 29.6 Å². The van der Waals surface area contributed by atoms with E-state index in [0.717, 1.165) is 12.1 Å². The molecule has 1 unspecified atom stereocenters. The number of carbonyl (C=O) groups is 3. The van der Waals surface area contributed by atoms with Gasteiger partial charge in [-0.25, -0.2) is 13.2 Å². The molecule has 9 heteroatoms. The highest BCUT2D eigenvalue weighted by atomic mass is 19.3. The van der Waals surface area contributed by atoms with Crippen LogP contribution in [-0.4, -0.2) is 41.8 Å². The molecule has 1 aliphatic rings. The third kappa shape index (κ3) is 4.74. The van der Waals surface area contributed by atoms with Gasteiger partial charge in [0.15, 0.2) is 0 Å². The molecule has 26 heavy (non-hydrogen) atoms. The molecule has 0 saturated carbocycles. The number of nitrogens with zero attached hydrogens (tertiary/aromatic N) is 1. The third-order valence-electron chi connectivity index (χ3n) is 3.96. The number of nitrogens with one attached hydrogen (secondary N) is 2. The topological polar surface area (TPSA) is 78.5 Å². The summed E-state index contributed by atoms with van der Waals surface area (Å²) in [4.78, 5) is 37.3. The zero-order chi connectivity index (χ0) is 19.4. The van der Waals surface area contributed by atoms with Gasteiger partial charge >= 0.3 is 11.8 Å². The molecule has 1 aromatic carbocycles. The first-order valence-electron chi connectivity index (χ1n) is 8.17. The summed E-state index contributed by atoms with van der Waals surface area (Å²) in [6.45, 7) is 3.75. The fraction of sp³-hybridized carbons (Fsp3) is 0.471. The van der Waals surface area contributed by atoms with Crippen molar-refractivity contribution in [3.8, 4) is 0 Å². The molecule has 2 N–H and O–H groups in total. The van der Waals surface area contributed by atoms with Crippen molar-refractivity contribution in [1.29, 1.82) is 0 Å². The average molecular weight is 371 g/mol. The van der Waals surface area contributed by atoms with Crippen LogP contribution in [0.1, 0.15) is 32.3 Å². The van der Waals surface area contributed by atoms with E-state index in [-0.39, 0.29) is 24.8 Å². The zero-order valence-corrected chi connectivity index (χ0v) is 14.4. The lowest BCUT2D eigenvalue weighted by Gasteiger charge is -2.17. The Morgan fingerprint density at radius 1 is 1.23 bits per heavy atom. The quantitative estimate of drug-likeness (QED) is 0.796. The predicted octanol–water partition coefficient (Wildman–Crippen LogP) is 2.07. The molecular formula is C17H20F3N3O3. The minimum absolute atomic E-state index is 0.0500. The number of anilines is 1. The number of carbonyl (C=O) groups excluding carboxylic acids is 3. The lowest BCUT2D eigenvalue weighted by molar-refractivity contribution is -0.145. The molecule has 1 atom stereocenters.